The molecular formula is C21H20FN7O2. The van der Waals surface area contributed by atoms with Crippen LogP contribution in [0, 0.1) is 5.82 Å². The zero-order chi connectivity index (χ0) is 22.1. The third kappa shape index (κ3) is 3.82. The van der Waals surface area contributed by atoms with Crippen molar-refractivity contribution in [3.63, 3.8) is 0 Å². The van der Waals surface area contributed by atoms with Crippen molar-refractivity contribution in [1.29, 1.82) is 0 Å². The van der Waals surface area contributed by atoms with Crippen molar-refractivity contribution in [3.05, 3.63) is 70.7 Å². The maximum Gasteiger partial charge on any atom is 0.261 e. The van der Waals surface area contributed by atoms with Gasteiger partial charge in [-0.15, -0.1) is 0 Å². The summed E-state index contributed by atoms with van der Waals surface area (Å²) < 4.78 is 16.4. The van der Waals surface area contributed by atoms with E-state index in [-0.39, 0.29) is 17.3 Å². The van der Waals surface area contributed by atoms with Gasteiger partial charge in [-0.2, -0.15) is 0 Å². The van der Waals surface area contributed by atoms with E-state index in [9.17, 15) is 14.0 Å². The molecule has 0 aliphatic heterocycles. The van der Waals surface area contributed by atoms with Crippen molar-refractivity contribution < 1.29 is 9.18 Å². The molecule has 3 N–H and O–H groups in total. The number of carbonyl (C=O) groups excluding carboxylic acids is 1. The molecule has 4 aromatic heterocycles. The summed E-state index contributed by atoms with van der Waals surface area (Å²) in [5.74, 6) is 0.252. The molecule has 10 heteroatoms. The molecule has 0 radical (unpaired) electrons. The van der Waals surface area contributed by atoms with E-state index >= 15 is 0 Å². The highest BCUT2D eigenvalue weighted by atomic mass is 19.1. The van der Waals surface area contributed by atoms with E-state index in [0.717, 1.165) is 11.7 Å². The molecule has 0 aliphatic rings. The van der Waals surface area contributed by atoms with Gasteiger partial charge in [0.05, 0.1) is 28.4 Å². The van der Waals surface area contributed by atoms with Crippen molar-refractivity contribution in [1.82, 2.24) is 24.4 Å². The van der Waals surface area contributed by atoms with Gasteiger partial charge >= 0.3 is 0 Å². The van der Waals surface area contributed by atoms with Crippen molar-refractivity contribution in [2.75, 3.05) is 17.7 Å². The molecule has 0 aliphatic carbocycles. The minimum atomic E-state index is -0.451. The van der Waals surface area contributed by atoms with Gasteiger partial charge in [-0.05, 0) is 30.3 Å². The minimum Gasteiger partial charge on any atom is -0.355 e. The van der Waals surface area contributed by atoms with E-state index in [1.807, 2.05) is 17.7 Å². The van der Waals surface area contributed by atoms with Gasteiger partial charge in [0.25, 0.3) is 11.5 Å². The van der Waals surface area contributed by atoms with Gasteiger partial charge < -0.3 is 25.1 Å². The highest BCUT2D eigenvalue weighted by Crippen LogP contribution is 2.28. The van der Waals surface area contributed by atoms with Gasteiger partial charge in [0, 0.05) is 33.5 Å². The fraction of sp³-hybridized carbons (Fsp3) is 0.143. The van der Waals surface area contributed by atoms with Gasteiger partial charge in [0.15, 0.2) is 0 Å². The van der Waals surface area contributed by atoms with E-state index in [1.165, 1.54) is 23.7 Å². The van der Waals surface area contributed by atoms with E-state index in [1.54, 1.807) is 31.6 Å². The lowest BCUT2D eigenvalue weighted by Gasteiger charge is -2.12. The van der Waals surface area contributed by atoms with Crippen LogP contribution in [0.2, 0.25) is 0 Å². The molecule has 0 fully saturated rings. The van der Waals surface area contributed by atoms with Crippen LogP contribution in [0.4, 0.5) is 27.5 Å². The molecule has 0 atom stereocenters. The minimum absolute atomic E-state index is 0.174. The third-order valence-corrected chi connectivity index (χ3v) is 4.82. The monoisotopic (exact) mass is 421 g/mol. The molecule has 0 unspecified atom stereocenters. The van der Waals surface area contributed by atoms with Gasteiger partial charge in [-0.25, -0.2) is 14.4 Å². The first-order valence-electron chi connectivity index (χ1n) is 9.41. The molecule has 158 valence electrons. The number of aromatic nitrogens is 4. The molecular weight excluding hydrogens is 401 g/mol. The lowest BCUT2D eigenvalue weighted by Crippen LogP contribution is -2.20. The number of halogens is 1. The maximum atomic E-state index is 13.1. The Morgan fingerprint density at radius 1 is 1.03 bits per heavy atom. The summed E-state index contributed by atoms with van der Waals surface area (Å²) >= 11 is 0. The zero-order valence-electron chi connectivity index (χ0n) is 17.1. The third-order valence-electron chi connectivity index (χ3n) is 4.82. The first-order chi connectivity index (χ1) is 14.9. The summed E-state index contributed by atoms with van der Waals surface area (Å²) in [6.45, 7) is 0. The number of fused-ring (bicyclic) bond motifs is 1. The molecule has 0 saturated heterocycles. The molecule has 0 aromatic carbocycles. The Balaban J connectivity index is 1.78. The highest BCUT2D eigenvalue weighted by molar-refractivity contribution is 6.01. The first kappa shape index (κ1) is 20.1. The topological polar surface area (TPSA) is 106 Å². The van der Waals surface area contributed by atoms with Gasteiger partial charge in [-0.1, -0.05) is 0 Å². The number of amides is 1. The lowest BCUT2D eigenvalue weighted by molar-refractivity contribution is 0.0963. The Morgan fingerprint density at radius 3 is 2.52 bits per heavy atom. The summed E-state index contributed by atoms with van der Waals surface area (Å²) in [5, 5.41) is 9.16. The smallest absolute Gasteiger partial charge is 0.261 e. The molecule has 9 nitrogen and oxygen atoms in total. The molecule has 0 spiro atoms. The largest absolute Gasteiger partial charge is 0.355 e. The van der Waals surface area contributed by atoms with Crippen LogP contribution in [0.3, 0.4) is 0 Å². The molecule has 31 heavy (non-hydrogen) atoms. The molecule has 0 saturated carbocycles. The SMILES string of the molecule is CNC(=O)c1ccc(Nc2ccc(F)cn2)nc1Nc1cn(C)c2ccn(C)c(=O)c12. The molecule has 4 rings (SSSR count). The summed E-state index contributed by atoms with van der Waals surface area (Å²) in [5.41, 5.74) is 1.39. The Hall–Kier alpha value is -4.21. The number of anilines is 4. The first-order valence-corrected chi connectivity index (χ1v) is 9.41. The summed E-state index contributed by atoms with van der Waals surface area (Å²) in [4.78, 5) is 33.5. The second-order valence-corrected chi connectivity index (χ2v) is 6.93. The maximum absolute atomic E-state index is 13.1. The van der Waals surface area contributed by atoms with Crippen LogP contribution in [-0.4, -0.2) is 32.1 Å². The quantitative estimate of drug-likeness (QED) is 0.458. The molecule has 4 aromatic rings. The van der Waals surface area contributed by atoms with E-state index in [4.69, 9.17) is 0 Å². The number of nitrogens with zero attached hydrogens (tertiary/aromatic N) is 4. The van der Waals surface area contributed by atoms with E-state index in [0.29, 0.717) is 28.3 Å². The predicted molar refractivity (Wildman–Crippen MR) is 117 cm³/mol. The summed E-state index contributed by atoms with van der Waals surface area (Å²) in [7, 11) is 5.03. The number of aryl methyl sites for hydroxylation is 2. The summed E-state index contributed by atoms with van der Waals surface area (Å²) in [6, 6.07) is 7.81. The van der Waals surface area contributed by atoms with Gasteiger partial charge in [0.1, 0.15) is 23.3 Å². The fourth-order valence-electron chi connectivity index (χ4n) is 3.24. The van der Waals surface area contributed by atoms with Crippen LogP contribution in [0.25, 0.3) is 10.9 Å². The number of nitrogens with one attached hydrogen (secondary N) is 3. The number of pyridine rings is 3. The number of rotatable bonds is 5. The van der Waals surface area contributed by atoms with Crippen molar-refractivity contribution in [2.24, 2.45) is 14.1 Å². The van der Waals surface area contributed by atoms with Gasteiger partial charge in [-0.3, -0.25) is 9.59 Å². The average molecular weight is 421 g/mol. The van der Waals surface area contributed by atoms with Crippen molar-refractivity contribution in [2.45, 2.75) is 0 Å². The van der Waals surface area contributed by atoms with Crippen LogP contribution in [-0.2, 0) is 14.1 Å². The van der Waals surface area contributed by atoms with Gasteiger partial charge in [0.2, 0.25) is 0 Å². The normalized spacial score (nSPS) is 10.8. The van der Waals surface area contributed by atoms with Crippen LogP contribution in [0.1, 0.15) is 10.4 Å². The van der Waals surface area contributed by atoms with E-state index in [2.05, 4.69) is 25.9 Å². The van der Waals surface area contributed by atoms with Crippen LogP contribution in [0.15, 0.2) is 53.7 Å². The number of hydrogen-bond donors (Lipinski definition) is 3. The Bertz CT molecular complexity index is 1340. The Kier molecular flexibility index (Phi) is 5.12. The van der Waals surface area contributed by atoms with Crippen molar-refractivity contribution in [3.8, 4) is 0 Å². The van der Waals surface area contributed by atoms with Crippen LogP contribution >= 0.6 is 0 Å². The number of carbonyl (C=O) groups is 1. The number of hydrogen-bond acceptors (Lipinski definition) is 6. The Labute approximate surface area is 176 Å². The highest BCUT2D eigenvalue weighted by Gasteiger charge is 2.17. The molecule has 0 bridgehead atoms. The van der Waals surface area contributed by atoms with Crippen molar-refractivity contribution >= 4 is 40.0 Å². The molecule has 1 amide bonds. The predicted octanol–water partition coefficient (Wildman–Crippen LogP) is 2.65. The average Bonchev–Trinajstić information content (AvgIpc) is 3.07. The zero-order valence-corrected chi connectivity index (χ0v) is 17.1. The lowest BCUT2D eigenvalue weighted by atomic mass is 10.2. The second-order valence-electron chi connectivity index (χ2n) is 6.93. The molecule has 4 heterocycles. The second kappa shape index (κ2) is 7.90. The van der Waals surface area contributed by atoms with Crippen LogP contribution in [0.5, 0.6) is 0 Å². The fourth-order valence-corrected chi connectivity index (χ4v) is 3.24. The standard InChI is InChI=1S/C21H20FN7O2/c1-23-20(30)13-5-7-17(26-16-6-4-12(22)10-24-16)27-19(13)25-14-11-29(3)15-8-9-28(2)21(31)18(14)15/h4-11H,1-3H3,(H,23,30)(H2,24,25,26,27). The Morgan fingerprint density at radius 2 is 1.81 bits per heavy atom. The summed E-state index contributed by atoms with van der Waals surface area (Å²) in [6.07, 6.45) is 4.55. The van der Waals surface area contributed by atoms with Crippen LogP contribution < -0.4 is 21.5 Å². The van der Waals surface area contributed by atoms with E-state index < -0.39 is 5.82 Å².